The SMILES string of the molecule is C1CC2C3CCC(C3)C2C1.CCOCCOCCO.CCOCCOCCO. The number of aliphatic hydroxyl groups is 2. The third-order valence-corrected chi connectivity index (χ3v) is 5.97. The van der Waals surface area contributed by atoms with Crippen molar-refractivity contribution >= 4 is 0 Å². The van der Waals surface area contributed by atoms with Crippen molar-refractivity contribution in [2.75, 3.05) is 66.1 Å². The number of aliphatic hydroxyl groups excluding tert-OH is 2. The van der Waals surface area contributed by atoms with Gasteiger partial charge in [0.1, 0.15) is 0 Å². The van der Waals surface area contributed by atoms with Gasteiger partial charge in [-0.15, -0.1) is 0 Å². The maximum Gasteiger partial charge on any atom is 0.0701 e. The van der Waals surface area contributed by atoms with E-state index in [0.29, 0.717) is 39.6 Å². The molecule has 0 amide bonds. The van der Waals surface area contributed by atoms with Crippen molar-refractivity contribution in [1.82, 2.24) is 0 Å². The fraction of sp³-hybridized carbons (Fsp3) is 1.00. The van der Waals surface area contributed by atoms with Crippen LogP contribution in [0.25, 0.3) is 0 Å². The Labute approximate surface area is 171 Å². The molecule has 0 aromatic carbocycles. The van der Waals surface area contributed by atoms with Crippen molar-refractivity contribution < 1.29 is 29.2 Å². The van der Waals surface area contributed by atoms with Crippen LogP contribution in [0, 0.1) is 23.7 Å². The van der Waals surface area contributed by atoms with Gasteiger partial charge in [-0.2, -0.15) is 0 Å². The van der Waals surface area contributed by atoms with Gasteiger partial charge < -0.3 is 29.2 Å². The highest BCUT2D eigenvalue weighted by atomic mass is 16.5. The number of fused-ring (bicyclic) bond motifs is 5. The summed E-state index contributed by atoms with van der Waals surface area (Å²) in [5.74, 6) is 4.80. The number of hydrogen-bond donors (Lipinski definition) is 2. The maximum atomic E-state index is 8.26. The van der Waals surface area contributed by atoms with E-state index in [1.165, 1.54) is 23.7 Å². The Morgan fingerprint density at radius 3 is 1.43 bits per heavy atom. The second kappa shape index (κ2) is 17.6. The third-order valence-electron chi connectivity index (χ3n) is 5.97. The molecule has 2 N–H and O–H groups in total. The first-order valence-corrected chi connectivity index (χ1v) is 11.3. The monoisotopic (exact) mass is 404 g/mol. The second-order valence-electron chi connectivity index (χ2n) is 7.66. The van der Waals surface area contributed by atoms with Crippen LogP contribution in [0.5, 0.6) is 0 Å². The first kappa shape index (κ1) is 25.8. The highest BCUT2D eigenvalue weighted by Crippen LogP contribution is 2.58. The lowest BCUT2D eigenvalue weighted by atomic mass is 9.82. The van der Waals surface area contributed by atoms with Crippen LogP contribution >= 0.6 is 0 Å². The van der Waals surface area contributed by atoms with Crippen molar-refractivity contribution in [3.63, 3.8) is 0 Å². The minimum Gasteiger partial charge on any atom is -0.394 e. The molecule has 3 aliphatic carbocycles. The predicted molar refractivity (Wildman–Crippen MR) is 110 cm³/mol. The average Bonchev–Trinajstić information content (AvgIpc) is 3.44. The van der Waals surface area contributed by atoms with Crippen LogP contribution in [0.1, 0.15) is 52.4 Å². The van der Waals surface area contributed by atoms with Crippen molar-refractivity contribution in [3.05, 3.63) is 0 Å². The van der Waals surface area contributed by atoms with Crippen LogP contribution in [-0.2, 0) is 18.9 Å². The lowest BCUT2D eigenvalue weighted by Gasteiger charge is -2.23. The molecule has 4 unspecified atom stereocenters. The van der Waals surface area contributed by atoms with Gasteiger partial charge in [0.2, 0.25) is 0 Å². The van der Waals surface area contributed by atoms with Crippen molar-refractivity contribution in [3.8, 4) is 0 Å². The van der Waals surface area contributed by atoms with Crippen molar-refractivity contribution in [1.29, 1.82) is 0 Å². The van der Waals surface area contributed by atoms with E-state index in [0.717, 1.165) is 13.2 Å². The van der Waals surface area contributed by atoms with Gasteiger partial charge in [-0.05, 0) is 69.6 Å². The van der Waals surface area contributed by atoms with Crippen molar-refractivity contribution in [2.45, 2.75) is 52.4 Å². The lowest BCUT2D eigenvalue weighted by molar-refractivity contribution is 0.0370. The molecule has 3 saturated carbocycles. The fourth-order valence-electron chi connectivity index (χ4n) is 4.88. The largest absolute Gasteiger partial charge is 0.394 e. The zero-order valence-electron chi connectivity index (χ0n) is 18.2. The Morgan fingerprint density at radius 1 is 0.607 bits per heavy atom. The van der Waals surface area contributed by atoms with E-state index < -0.39 is 0 Å². The molecule has 3 aliphatic rings. The molecular weight excluding hydrogens is 360 g/mol. The number of ether oxygens (including phenoxy) is 4. The highest BCUT2D eigenvalue weighted by Gasteiger charge is 2.48. The summed E-state index contributed by atoms with van der Waals surface area (Å²) in [5.41, 5.74) is 0. The smallest absolute Gasteiger partial charge is 0.0701 e. The van der Waals surface area contributed by atoms with Gasteiger partial charge in [0.05, 0.1) is 52.9 Å². The Balaban J connectivity index is 0.000000211. The zero-order valence-corrected chi connectivity index (χ0v) is 18.2. The first-order valence-electron chi connectivity index (χ1n) is 11.3. The van der Waals surface area contributed by atoms with E-state index in [2.05, 4.69) is 0 Å². The van der Waals surface area contributed by atoms with Gasteiger partial charge in [-0.1, -0.05) is 6.42 Å². The molecule has 6 heteroatoms. The third kappa shape index (κ3) is 10.5. The molecule has 0 aliphatic heterocycles. The van der Waals surface area contributed by atoms with E-state index in [1.807, 2.05) is 13.8 Å². The molecule has 3 rings (SSSR count). The molecule has 0 saturated heterocycles. The summed E-state index contributed by atoms with van der Waals surface area (Å²) in [6.07, 6.45) is 9.53. The summed E-state index contributed by atoms with van der Waals surface area (Å²) >= 11 is 0. The van der Waals surface area contributed by atoms with Crippen molar-refractivity contribution in [2.24, 2.45) is 23.7 Å². The maximum absolute atomic E-state index is 8.26. The summed E-state index contributed by atoms with van der Waals surface area (Å²) in [6, 6.07) is 0. The average molecular weight is 405 g/mol. The molecule has 6 nitrogen and oxygen atoms in total. The summed E-state index contributed by atoms with van der Waals surface area (Å²) in [4.78, 5) is 0. The molecule has 168 valence electrons. The predicted octanol–water partition coefficient (Wildman–Crippen LogP) is 2.90. The Hall–Kier alpha value is -0.240. The van der Waals surface area contributed by atoms with E-state index in [-0.39, 0.29) is 13.2 Å². The first-order chi connectivity index (χ1) is 13.8. The van der Waals surface area contributed by atoms with E-state index in [9.17, 15) is 0 Å². The fourth-order valence-corrected chi connectivity index (χ4v) is 4.88. The van der Waals surface area contributed by atoms with Crippen LogP contribution in [0.3, 0.4) is 0 Å². The van der Waals surface area contributed by atoms with Crippen LogP contribution in [0.4, 0.5) is 0 Å². The molecule has 0 aromatic heterocycles. The van der Waals surface area contributed by atoms with Crippen LogP contribution in [0.15, 0.2) is 0 Å². The van der Waals surface area contributed by atoms with E-state index >= 15 is 0 Å². The standard InChI is InChI=1S/C10H16.2C6H14O3/c1-2-9-7-4-5-8(6-7)10(9)3-1;2*1-2-8-5-6-9-4-3-7/h7-10H,1-6H2;2*7H,2-6H2,1H3. The summed E-state index contributed by atoms with van der Waals surface area (Å²) < 4.78 is 19.8. The van der Waals surface area contributed by atoms with Gasteiger partial charge in [-0.25, -0.2) is 0 Å². The summed E-state index contributed by atoms with van der Waals surface area (Å²) in [5, 5.41) is 16.5. The van der Waals surface area contributed by atoms with Gasteiger partial charge >= 0.3 is 0 Å². The normalized spacial score (nSPS) is 27.0. The van der Waals surface area contributed by atoms with Crippen LogP contribution < -0.4 is 0 Å². The quantitative estimate of drug-likeness (QED) is 0.487. The number of hydrogen-bond acceptors (Lipinski definition) is 6. The molecule has 0 radical (unpaired) electrons. The van der Waals surface area contributed by atoms with Gasteiger partial charge in [0.15, 0.2) is 0 Å². The van der Waals surface area contributed by atoms with E-state index in [1.54, 1.807) is 38.5 Å². The van der Waals surface area contributed by atoms with Gasteiger partial charge in [-0.3, -0.25) is 0 Å². The Bertz CT molecular complexity index is 299. The Kier molecular flexibility index (Phi) is 16.2. The molecule has 28 heavy (non-hydrogen) atoms. The van der Waals surface area contributed by atoms with Gasteiger partial charge in [0, 0.05) is 13.2 Å². The molecule has 0 heterocycles. The molecule has 0 aromatic rings. The minimum atomic E-state index is 0.0894. The van der Waals surface area contributed by atoms with Crippen LogP contribution in [-0.4, -0.2) is 76.3 Å². The van der Waals surface area contributed by atoms with Crippen LogP contribution in [0.2, 0.25) is 0 Å². The molecular formula is C22H44O6. The minimum absolute atomic E-state index is 0.0894. The molecule has 0 spiro atoms. The molecule has 4 atom stereocenters. The summed E-state index contributed by atoms with van der Waals surface area (Å²) in [6.45, 7) is 8.72. The zero-order chi connectivity index (χ0) is 20.5. The Morgan fingerprint density at radius 2 is 1.04 bits per heavy atom. The summed E-state index contributed by atoms with van der Waals surface area (Å²) in [7, 11) is 0. The topological polar surface area (TPSA) is 77.4 Å². The highest BCUT2D eigenvalue weighted by molar-refractivity contribution is 4.98. The van der Waals surface area contributed by atoms with E-state index in [4.69, 9.17) is 29.2 Å². The second-order valence-corrected chi connectivity index (χ2v) is 7.66. The number of rotatable bonds is 12. The molecule has 2 bridgehead atoms. The lowest BCUT2D eigenvalue weighted by Crippen LogP contribution is -2.15. The molecule has 3 fully saturated rings. The van der Waals surface area contributed by atoms with Gasteiger partial charge in [0.25, 0.3) is 0 Å².